The molecule has 0 aliphatic heterocycles. The molecule has 1 aromatic carbocycles. The van der Waals surface area contributed by atoms with Gasteiger partial charge < -0.3 is 11.1 Å². The Morgan fingerprint density at radius 2 is 2.05 bits per heavy atom. The van der Waals surface area contributed by atoms with Crippen LogP contribution in [0, 0.1) is 0 Å². The molecule has 2 rings (SSSR count). The standard InChI is InChI=1S/C14H18BrClN2O/c15-11-8-9(16)6-7-10(11)14(19)18-13-5-3-1-2-4-12(13)17/h6-8,12-13H,1-5,17H2,(H,18,19). The van der Waals surface area contributed by atoms with E-state index in [2.05, 4.69) is 21.2 Å². The molecule has 0 radical (unpaired) electrons. The van der Waals surface area contributed by atoms with Crippen LogP contribution >= 0.6 is 27.5 Å². The van der Waals surface area contributed by atoms with E-state index < -0.39 is 0 Å². The summed E-state index contributed by atoms with van der Waals surface area (Å²) in [4.78, 5) is 12.3. The molecule has 5 heteroatoms. The minimum absolute atomic E-state index is 0.0533. The number of nitrogens with one attached hydrogen (secondary N) is 1. The molecule has 0 saturated heterocycles. The third-order valence-corrected chi connectivity index (χ3v) is 4.45. The highest BCUT2D eigenvalue weighted by Gasteiger charge is 2.23. The predicted molar refractivity (Wildman–Crippen MR) is 81.5 cm³/mol. The van der Waals surface area contributed by atoms with Crippen molar-refractivity contribution in [1.29, 1.82) is 0 Å². The summed E-state index contributed by atoms with van der Waals surface area (Å²) in [5.41, 5.74) is 6.72. The smallest absolute Gasteiger partial charge is 0.252 e. The van der Waals surface area contributed by atoms with Gasteiger partial charge in [0.2, 0.25) is 0 Å². The van der Waals surface area contributed by atoms with Gasteiger partial charge in [0.1, 0.15) is 0 Å². The Kier molecular flexibility index (Phi) is 5.25. The number of carbonyl (C=O) groups excluding carboxylic acids is 1. The third-order valence-electron chi connectivity index (χ3n) is 3.56. The lowest BCUT2D eigenvalue weighted by molar-refractivity contribution is 0.0928. The summed E-state index contributed by atoms with van der Waals surface area (Å²) in [7, 11) is 0. The first-order valence-electron chi connectivity index (χ1n) is 6.59. The van der Waals surface area contributed by atoms with Gasteiger partial charge in [-0.15, -0.1) is 0 Å². The Morgan fingerprint density at radius 1 is 1.32 bits per heavy atom. The predicted octanol–water partition coefficient (Wildman–Crippen LogP) is 3.49. The fraction of sp³-hybridized carbons (Fsp3) is 0.500. The van der Waals surface area contributed by atoms with E-state index in [1.165, 1.54) is 6.42 Å². The molecular formula is C14H18BrClN2O. The van der Waals surface area contributed by atoms with Crippen LogP contribution in [0.4, 0.5) is 0 Å². The van der Waals surface area contributed by atoms with Crippen molar-refractivity contribution in [3.63, 3.8) is 0 Å². The number of hydrogen-bond donors (Lipinski definition) is 2. The Balaban J connectivity index is 2.07. The molecule has 3 N–H and O–H groups in total. The normalized spacial score (nSPS) is 23.7. The van der Waals surface area contributed by atoms with Gasteiger partial charge in [0.25, 0.3) is 5.91 Å². The molecule has 0 spiro atoms. The van der Waals surface area contributed by atoms with Crippen LogP contribution in [-0.2, 0) is 0 Å². The van der Waals surface area contributed by atoms with Crippen LogP contribution in [0.2, 0.25) is 5.02 Å². The maximum absolute atomic E-state index is 12.3. The van der Waals surface area contributed by atoms with E-state index in [0.717, 1.165) is 25.7 Å². The van der Waals surface area contributed by atoms with Gasteiger partial charge in [-0.1, -0.05) is 30.9 Å². The molecule has 104 valence electrons. The van der Waals surface area contributed by atoms with E-state index in [-0.39, 0.29) is 18.0 Å². The van der Waals surface area contributed by atoms with E-state index in [4.69, 9.17) is 17.3 Å². The maximum Gasteiger partial charge on any atom is 0.252 e. The van der Waals surface area contributed by atoms with E-state index in [1.54, 1.807) is 18.2 Å². The van der Waals surface area contributed by atoms with Crippen molar-refractivity contribution in [1.82, 2.24) is 5.32 Å². The minimum Gasteiger partial charge on any atom is -0.348 e. The molecule has 1 fully saturated rings. The summed E-state index contributed by atoms with van der Waals surface area (Å²) in [6.07, 6.45) is 5.41. The van der Waals surface area contributed by atoms with Crippen LogP contribution in [0.3, 0.4) is 0 Å². The SMILES string of the molecule is NC1CCCCCC1NC(=O)c1ccc(Cl)cc1Br. The first-order chi connectivity index (χ1) is 9.08. The van der Waals surface area contributed by atoms with Crippen LogP contribution in [-0.4, -0.2) is 18.0 Å². The second-order valence-corrected chi connectivity index (χ2v) is 6.30. The average molecular weight is 346 g/mol. The van der Waals surface area contributed by atoms with Crippen molar-refractivity contribution >= 4 is 33.4 Å². The average Bonchev–Trinajstić information content (AvgIpc) is 2.55. The Bertz CT molecular complexity index is 467. The number of hydrogen-bond acceptors (Lipinski definition) is 2. The number of nitrogens with two attached hydrogens (primary N) is 1. The lowest BCUT2D eigenvalue weighted by Gasteiger charge is -2.23. The van der Waals surface area contributed by atoms with Gasteiger partial charge in [-0.05, 0) is 47.0 Å². The van der Waals surface area contributed by atoms with Gasteiger partial charge in [-0.25, -0.2) is 0 Å². The summed E-state index contributed by atoms with van der Waals surface area (Å²) in [5.74, 6) is -0.0918. The highest BCUT2D eigenvalue weighted by atomic mass is 79.9. The van der Waals surface area contributed by atoms with Crippen LogP contribution in [0.1, 0.15) is 42.5 Å². The molecule has 1 aliphatic carbocycles. The highest BCUT2D eigenvalue weighted by Crippen LogP contribution is 2.22. The van der Waals surface area contributed by atoms with Gasteiger partial charge in [0.05, 0.1) is 5.56 Å². The van der Waals surface area contributed by atoms with Crippen molar-refractivity contribution in [2.75, 3.05) is 0 Å². The zero-order valence-electron chi connectivity index (χ0n) is 10.7. The van der Waals surface area contributed by atoms with Crippen LogP contribution in [0.15, 0.2) is 22.7 Å². The van der Waals surface area contributed by atoms with E-state index in [0.29, 0.717) is 15.1 Å². The Morgan fingerprint density at radius 3 is 2.79 bits per heavy atom. The maximum atomic E-state index is 12.3. The highest BCUT2D eigenvalue weighted by molar-refractivity contribution is 9.10. The molecule has 1 amide bonds. The van der Waals surface area contributed by atoms with Crippen molar-refractivity contribution in [3.05, 3.63) is 33.3 Å². The molecule has 2 atom stereocenters. The number of halogens is 2. The van der Waals surface area contributed by atoms with Gasteiger partial charge >= 0.3 is 0 Å². The fourth-order valence-corrected chi connectivity index (χ4v) is 3.30. The van der Waals surface area contributed by atoms with Gasteiger partial charge in [0.15, 0.2) is 0 Å². The fourth-order valence-electron chi connectivity index (χ4n) is 2.44. The number of amides is 1. The molecule has 0 heterocycles. The number of rotatable bonds is 2. The molecular weight excluding hydrogens is 328 g/mol. The summed E-state index contributed by atoms with van der Waals surface area (Å²) in [6, 6.07) is 5.29. The number of benzene rings is 1. The largest absolute Gasteiger partial charge is 0.348 e. The molecule has 1 aliphatic rings. The molecule has 19 heavy (non-hydrogen) atoms. The molecule has 0 aromatic heterocycles. The zero-order valence-corrected chi connectivity index (χ0v) is 13.0. The lowest BCUT2D eigenvalue weighted by atomic mass is 10.0. The van der Waals surface area contributed by atoms with Crippen molar-refractivity contribution in [2.45, 2.75) is 44.2 Å². The van der Waals surface area contributed by atoms with Crippen molar-refractivity contribution in [2.24, 2.45) is 5.73 Å². The number of carbonyl (C=O) groups is 1. The molecule has 3 nitrogen and oxygen atoms in total. The second kappa shape index (κ2) is 6.73. The van der Waals surface area contributed by atoms with E-state index >= 15 is 0 Å². The topological polar surface area (TPSA) is 55.1 Å². The summed E-state index contributed by atoms with van der Waals surface area (Å²) in [6.45, 7) is 0. The van der Waals surface area contributed by atoms with Gasteiger partial charge in [-0.3, -0.25) is 4.79 Å². The first-order valence-corrected chi connectivity index (χ1v) is 7.76. The monoisotopic (exact) mass is 344 g/mol. The molecule has 0 bridgehead atoms. The van der Waals surface area contributed by atoms with Gasteiger partial charge in [0, 0.05) is 21.6 Å². The van der Waals surface area contributed by atoms with E-state index in [9.17, 15) is 4.79 Å². The minimum atomic E-state index is -0.0918. The molecule has 1 saturated carbocycles. The van der Waals surface area contributed by atoms with Gasteiger partial charge in [-0.2, -0.15) is 0 Å². The van der Waals surface area contributed by atoms with Crippen LogP contribution in [0.5, 0.6) is 0 Å². The van der Waals surface area contributed by atoms with Crippen LogP contribution < -0.4 is 11.1 Å². The lowest BCUT2D eigenvalue weighted by Crippen LogP contribution is -2.47. The third kappa shape index (κ3) is 3.94. The summed E-state index contributed by atoms with van der Waals surface area (Å²) < 4.78 is 0.708. The summed E-state index contributed by atoms with van der Waals surface area (Å²) in [5, 5.41) is 3.65. The zero-order chi connectivity index (χ0) is 13.8. The quantitative estimate of drug-likeness (QED) is 0.806. The second-order valence-electron chi connectivity index (χ2n) is 5.01. The molecule has 2 unspecified atom stereocenters. The Hall–Kier alpha value is -0.580. The van der Waals surface area contributed by atoms with Crippen LogP contribution in [0.25, 0.3) is 0 Å². The van der Waals surface area contributed by atoms with Crippen molar-refractivity contribution in [3.8, 4) is 0 Å². The first kappa shape index (κ1) is 14.8. The summed E-state index contributed by atoms with van der Waals surface area (Å²) >= 11 is 9.24. The molecule has 1 aromatic rings. The van der Waals surface area contributed by atoms with E-state index in [1.807, 2.05) is 0 Å². The van der Waals surface area contributed by atoms with Crippen molar-refractivity contribution < 1.29 is 4.79 Å². The Labute approximate surface area is 127 Å².